The van der Waals surface area contributed by atoms with Crippen LogP contribution in [-0.2, 0) is 8.85 Å². The molecule has 1 unspecified atom stereocenters. The summed E-state index contributed by atoms with van der Waals surface area (Å²) >= 11 is 0. The van der Waals surface area contributed by atoms with Crippen LogP contribution < -0.4 is 5.19 Å². The molecule has 1 rings (SSSR count). The van der Waals surface area contributed by atoms with Gasteiger partial charge in [0.15, 0.2) is 8.32 Å². The molecule has 1 atom stereocenters. The van der Waals surface area contributed by atoms with E-state index in [9.17, 15) is 0 Å². The molecular formula is C22H42O2Si2. The molecule has 0 aliphatic heterocycles. The molecule has 0 aliphatic rings. The Morgan fingerprint density at radius 1 is 0.846 bits per heavy atom. The van der Waals surface area contributed by atoms with Gasteiger partial charge >= 0.3 is 0 Å². The molecule has 150 valence electrons. The second-order valence-corrected chi connectivity index (χ2v) is 18.4. The number of hydrogen-bond donors (Lipinski definition) is 0. The van der Waals surface area contributed by atoms with E-state index in [0.717, 1.165) is 13.2 Å². The average molecular weight is 395 g/mol. The zero-order valence-electron chi connectivity index (χ0n) is 18.7. The van der Waals surface area contributed by atoms with Crippen LogP contribution in [0.2, 0.25) is 32.7 Å². The third kappa shape index (κ3) is 7.67. The minimum atomic E-state index is -1.91. The molecule has 0 fully saturated rings. The maximum Gasteiger partial charge on any atom is 0.218 e. The van der Waals surface area contributed by atoms with E-state index in [1.165, 1.54) is 18.0 Å². The normalized spacial score (nSPS) is 15.5. The van der Waals surface area contributed by atoms with Crippen LogP contribution >= 0.6 is 0 Å². The fourth-order valence-corrected chi connectivity index (χ4v) is 5.52. The van der Waals surface area contributed by atoms with Gasteiger partial charge in [-0.1, -0.05) is 64.4 Å². The molecule has 0 bridgehead atoms. The molecular weight excluding hydrogens is 352 g/mol. The van der Waals surface area contributed by atoms with Crippen LogP contribution in [0, 0.1) is 17.3 Å². The van der Waals surface area contributed by atoms with Gasteiger partial charge in [-0.05, 0) is 56.2 Å². The molecule has 0 aliphatic carbocycles. The molecule has 1 aromatic rings. The van der Waals surface area contributed by atoms with Crippen molar-refractivity contribution in [2.24, 2.45) is 17.3 Å². The SMILES string of the molecule is CC(C)CCC(CO[Si](C)(C)C)(CO[Si](C)(C)c1ccccc1)C(C)C. The van der Waals surface area contributed by atoms with Gasteiger partial charge in [0.2, 0.25) is 8.32 Å². The van der Waals surface area contributed by atoms with Crippen LogP contribution in [0.15, 0.2) is 30.3 Å². The number of rotatable bonds is 11. The maximum absolute atomic E-state index is 6.71. The predicted octanol–water partition coefficient (Wildman–Crippen LogP) is 6.05. The van der Waals surface area contributed by atoms with Crippen LogP contribution in [-0.4, -0.2) is 29.8 Å². The Morgan fingerprint density at radius 3 is 1.85 bits per heavy atom. The summed E-state index contributed by atoms with van der Waals surface area (Å²) in [6, 6.07) is 10.8. The lowest BCUT2D eigenvalue weighted by Crippen LogP contribution is -2.50. The quantitative estimate of drug-likeness (QED) is 0.426. The zero-order valence-corrected chi connectivity index (χ0v) is 20.7. The first-order chi connectivity index (χ1) is 11.9. The van der Waals surface area contributed by atoms with E-state index >= 15 is 0 Å². The third-order valence-electron chi connectivity index (χ3n) is 5.43. The fraction of sp³-hybridized carbons (Fsp3) is 0.727. The van der Waals surface area contributed by atoms with E-state index < -0.39 is 16.6 Å². The topological polar surface area (TPSA) is 18.5 Å². The molecule has 4 heteroatoms. The van der Waals surface area contributed by atoms with Gasteiger partial charge in [0.05, 0.1) is 0 Å². The number of hydrogen-bond acceptors (Lipinski definition) is 2. The highest BCUT2D eigenvalue weighted by Gasteiger charge is 2.38. The first-order valence-electron chi connectivity index (χ1n) is 10.2. The van der Waals surface area contributed by atoms with Crippen LogP contribution in [0.1, 0.15) is 40.5 Å². The van der Waals surface area contributed by atoms with Crippen molar-refractivity contribution < 1.29 is 8.85 Å². The van der Waals surface area contributed by atoms with Crippen LogP contribution in [0.25, 0.3) is 0 Å². The summed E-state index contributed by atoms with van der Waals surface area (Å²) in [6.45, 7) is 22.4. The van der Waals surface area contributed by atoms with Gasteiger partial charge in [-0.2, -0.15) is 0 Å². The van der Waals surface area contributed by atoms with Gasteiger partial charge in [-0.25, -0.2) is 0 Å². The van der Waals surface area contributed by atoms with Crippen molar-refractivity contribution in [3.05, 3.63) is 30.3 Å². The number of benzene rings is 1. The molecule has 0 saturated carbocycles. The third-order valence-corrected chi connectivity index (χ3v) is 9.03. The molecule has 0 spiro atoms. The maximum atomic E-state index is 6.71. The second kappa shape index (κ2) is 9.67. The van der Waals surface area contributed by atoms with Crippen molar-refractivity contribution in [2.45, 2.75) is 73.3 Å². The highest BCUT2D eigenvalue weighted by Crippen LogP contribution is 2.37. The summed E-state index contributed by atoms with van der Waals surface area (Å²) in [7, 11) is -3.46. The lowest BCUT2D eigenvalue weighted by atomic mass is 9.74. The average Bonchev–Trinajstić information content (AvgIpc) is 2.54. The Kier molecular flexibility index (Phi) is 8.78. The summed E-state index contributed by atoms with van der Waals surface area (Å²) in [5.41, 5.74) is 0.101. The Morgan fingerprint density at radius 2 is 1.38 bits per heavy atom. The van der Waals surface area contributed by atoms with E-state index in [0.29, 0.717) is 11.8 Å². The highest BCUT2D eigenvalue weighted by atomic mass is 28.4. The molecule has 0 saturated heterocycles. The van der Waals surface area contributed by atoms with E-state index in [4.69, 9.17) is 8.85 Å². The molecule has 26 heavy (non-hydrogen) atoms. The van der Waals surface area contributed by atoms with Crippen molar-refractivity contribution in [1.82, 2.24) is 0 Å². The lowest BCUT2D eigenvalue weighted by molar-refractivity contribution is 0.0194. The first kappa shape index (κ1) is 23.6. The highest BCUT2D eigenvalue weighted by molar-refractivity contribution is 6.84. The summed E-state index contributed by atoms with van der Waals surface area (Å²) in [5.74, 6) is 1.25. The Balaban J connectivity index is 2.98. The summed E-state index contributed by atoms with van der Waals surface area (Å²) in [6.07, 6.45) is 2.40. The van der Waals surface area contributed by atoms with Crippen LogP contribution in [0.3, 0.4) is 0 Å². The first-order valence-corrected chi connectivity index (χ1v) is 16.5. The van der Waals surface area contributed by atoms with Crippen molar-refractivity contribution in [3.8, 4) is 0 Å². The molecule has 0 amide bonds. The zero-order chi connectivity index (χ0) is 20.0. The van der Waals surface area contributed by atoms with E-state index in [-0.39, 0.29) is 5.41 Å². The molecule has 0 radical (unpaired) electrons. The Hall–Kier alpha value is -0.426. The molecule has 0 heterocycles. The lowest BCUT2D eigenvalue weighted by Gasteiger charge is -2.42. The van der Waals surface area contributed by atoms with E-state index in [2.05, 4.69) is 90.8 Å². The summed E-state index contributed by atoms with van der Waals surface area (Å²) in [5, 5.41) is 1.37. The minimum absolute atomic E-state index is 0.101. The molecule has 2 nitrogen and oxygen atoms in total. The van der Waals surface area contributed by atoms with Gasteiger partial charge in [-0.15, -0.1) is 0 Å². The Labute approximate surface area is 165 Å². The van der Waals surface area contributed by atoms with E-state index in [1.54, 1.807) is 0 Å². The molecule has 1 aromatic carbocycles. The van der Waals surface area contributed by atoms with Crippen LogP contribution in [0.4, 0.5) is 0 Å². The van der Waals surface area contributed by atoms with Crippen molar-refractivity contribution in [3.63, 3.8) is 0 Å². The minimum Gasteiger partial charge on any atom is -0.417 e. The summed E-state index contributed by atoms with van der Waals surface area (Å²) in [4.78, 5) is 0. The standard InChI is InChI=1S/C22H42O2Si2/c1-19(2)15-16-22(20(3)4,17-23-25(5,6)7)18-24-26(8,9)21-13-11-10-12-14-21/h10-14,19-20H,15-18H2,1-9H3. The van der Waals surface area contributed by atoms with Gasteiger partial charge in [-0.3, -0.25) is 0 Å². The fourth-order valence-electron chi connectivity index (χ4n) is 2.99. The largest absolute Gasteiger partial charge is 0.417 e. The second-order valence-electron chi connectivity index (χ2n) is 10.0. The summed E-state index contributed by atoms with van der Waals surface area (Å²) < 4.78 is 13.1. The van der Waals surface area contributed by atoms with Crippen molar-refractivity contribution in [2.75, 3.05) is 13.2 Å². The van der Waals surface area contributed by atoms with Gasteiger partial charge in [0.25, 0.3) is 0 Å². The molecule has 0 N–H and O–H groups in total. The van der Waals surface area contributed by atoms with Gasteiger partial charge in [0.1, 0.15) is 0 Å². The van der Waals surface area contributed by atoms with Crippen LogP contribution in [0.5, 0.6) is 0 Å². The van der Waals surface area contributed by atoms with E-state index in [1.807, 2.05) is 0 Å². The van der Waals surface area contributed by atoms with Gasteiger partial charge in [0, 0.05) is 18.6 Å². The van der Waals surface area contributed by atoms with Gasteiger partial charge < -0.3 is 8.85 Å². The van der Waals surface area contributed by atoms with Crippen molar-refractivity contribution >= 4 is 21.8 Å². The molecule has 0 aromatic heterocycles. The smallest absolute Gasteiger partial charge is 0.218 e. The monoisotopic (exact) mass is 394 g/mol. The predicted molar refractivity (Wildman–Crippen MR) is 120 cm³/mol. The Bertz CT molecular complexity index is 521. The van der Waals surface area contributed by atoms with Crippen molar-refractivity contribution in [1.29, 1.82) is 0 Å².